The molecule has 4 nitrogen and oxygen atoms in total. The molecule has 1 N–H and O–H groups in total. The van der Waals surface area contributed by atoms with Crippen molar-refractivity contribution in [2.45, 2.75) is 30.5 Å². The van der Waals surface area contributed by atoms with Gasteiger partial charge in [0.05, 0.1) is 5.69 Å². The molecule has 1 atom stereocenters. The minimum Gasteiger partial charge on any atom is -0.310 e. The third kappa shape index (κ3) is 4.08. The first-order valence-electron chi connectivity index (χ1n) is 6.50. The van der Waals surface area contributed by atoms with Gasteiger partial charge in [-0.3, -0.25) is 4.68 Å². The van der Waals surface area contributed by atoms with Gasteiger partial charge in [0.1, 0.15) is 0 Å². The van der Waals surface area contributed by atoms with Crippen molar-refractivity contribution in [1.29, 1.82) is 0 Å². The predicted molar refractivity (Wildman–Crippen MR) is 79.1 cm³/mol. The maximum atomic E-state index is 4.08. The van der Waals surface area contributed by atoms with Gasteiger partial charge in [0.15, 0.2) is 0 Å². The SMILES string of the molecule is CCNC(C)c1ccc(SCc2cn(C)nn2)cc1. The van der Waals surface area contributed by atoms with Crippen LogP contribution in [-0.4, -0.2) is 21.5 Å². The summed E-state index contributed by atoms with van der Waals surface area (Å²) in [6.45, 7) is 5.30. The topological polar surface area (TPSA) is 42.7 Å². The minimum absolute atomic E-state index is 0.407. The van der Waals surface area contributed by atoms with E-state index in [4.69, 9.17) is 0 Å². The maximum absolute atomic E-state index is 4.08. The van der Waals surface area contributed by atoms with E-state index in [0.717, 1.165) is 18.0 Å². The van der Waals surface area contributed by atoms with Crippen molar-refractivity contribution in [3.05, 3.63) is 41.7 Å². The molecule has 0 aliphatic rings. The van der Waals surface area contributed by atoms with Crippen LogP contribution in [0.4, 0.5) is 0 Å². The second kappa shape index (κ2) is 6.73. The smallest absolute Gasteiger partial charge is 0.0929 e. The predicted octanol–water partition coefficient (Wildman–Crippen LogP) is 2.78. The molecule has 1 heterocycles. The average Bonchev–Trinajstić information content (AvgIpc) is 2.83. The Balaban J connectivity index is 1.91. The molecule has 0 amide bonds. The van der Waals surface area contributed by atoms with Crippen molar-refractivity contribution in [2.75, 3.05) is 6.54 Å². The third-order valence-electron chi connectivity index (χ3n) is 2.93. The number of nitrogens with zero attached hydrogens (tertiary/aromatic N) is 3. The van der Waals surface area contributed by atoms with Crippen LogP contribution in [0.25, 0.3) is 0 Å². The molecule has 0 fully saturated rings. The van der Waals surface area contributed by atoms with Gasteiger partial charge in [0.2, 0.25) is 0 Å². The molecule has 0 aliphatic heterocycles. The fourth-order valence-electron chi connectivity index (χ4n) is 1.90. The second-order valence-corrected chi connectivity index (χ2v) is 5.57. The van der Waals surface area contributed by atoms with Gasteiger partial charge in [-0.1, -0.05) is 24.3 Å². The average molecular weight is 276 g/mol. The summed E-state index contributed by atoms with van der Waals surface area (Å²) in [6, 6.07) is 9.12. The number of thioether (sulfide) groups is 1. The van der Waals surface area contributed by atoms with E-state index in [2.05, 4.69) is 53.7 Å². The fourth-order valence-corrected chi connectivity index (χ4v) is 2.67. The zero-order chi connectivity index (χ0) is 13.7. The van der Waals surface area contributed by atoms with Crippen LogP contribution in [0, 0.1) is 0 Å². The van der Waals surface area contributed by atoms with Gasteiger partial charge in [-0.25, -0.2) is 0 Å². The molecular weight excluding hydrogens is 256 g/mol. The van der Waals surface area contributed by atoms with Crippen LogP contribution in [0.5, 0.6) is 0 Å². The van der Waals surface area contributed by atoms with Gasteiger partial charge in [-0.2, -0.15) is 0 Å². The number of aryl methyl sites for hydroxylation is 1. The van der Waals surface area contributed by atoms with Crippen LogP contribution in [0.1, 0.15) is 31.1 Å². The van der Waals surface area contributed by atoms with Crippen molar-refractivity contribution in [2.24, 2.45) is 7.05 Å². The van der Waals surface area contributed by atoms with Crippen LogP contribution in [0.15, 0.2) is 35.4 Å². The van der Waals surface area contributed by atoms with E-state index in [9.17, 15) is 0 Å². The van der Waals surface area contributed by atoms with Gasteiger partial charge in [0, 0.05) is 29.9 Å². The normalized spacial score (nSPS) is 12.6. The summed E-state index contributed by atoms with van der Waals surface area (Å²) in [5.41, 5.74) is 2.34. The van der Waals surface area contributed by atoms with Gasteiger partial charge in [0.25, 0.3) is 0 Å². The molecule has 0 spiro atoms. The summed E-state index contributed by atoms with van der Waals surface area (Å²) < 4.78 is 1.73. The molecular formula is C14H20N4S. The Hall–Kier alpha value is -1.33. The molecule has 0 saturated heterocycles. The van der Waals surface area contributed by atoms with Crippen LogP contribution >= 0.6 is 11.8 Å². The highest BCUT2D eigenvalue weighted by molar-refractivity contribution is 7.98. The lowest BCUT2D eigenvalue weighted by Gasteiger charge is -2.12. The van der Waals surface area contributed by atoms with E-state index < -0.39 is 0 Å². The lowest BCUT2D eigenvalue weighted by Crippen LogP contribution is -2.17. The summed E-state index contributed by atoms with van der Waals surface area (Å²) in [5.74, 6) is 0.857. The Labute approximate surface area is 118 Å². The molecule has 0 saturated carbocycles. The van der Waals surface area contributed by atoms with Crippen molar-refractivity contribution < 1.29 is 0 Å². The fraction of sp³-hybridized carbons (Fsp3) is 0.429. The van der Waals surface area contributed by atoms with E-state index in [1.165, 1.54) is 10.5 Å². The van der Waals surface area contributed by atoms with Gasteiger partial charge >= 0.3 is 0 Å². The number of hydrogen-bond donors (Lipinski definition) is 1. The largest absolute Gasteiger partial charge is 0.310 e. The summed E-state index contributed by atoms with van der Waals surface area (Å²) in [6.07, 6.45) is 1.95. The number of aromatic nitrogens is 3. The van der Waals surface area contributed by atoms with E-state index in [1.807, 2.05) is 13.2 Å². The first-order chi connectivity index (χ1) is 9.19. The summed E-state index contributed by atoms with van der Waals surface area (Å²) in [5, 5.41) is 11.4. The Kier molecular flexibility index (Phi) is 4.99. The lowest BCUT2D eigenvalue weighted by molar-refractivity contribution is 0.598. The van der Waals surface area contributed by atoms with Crippen LogP contribution in [0.3, 0.4) is 0 Å². The van der Waals surface area contributed by atoms with E-state index in [0.29, 0.717) is 6.04 Å². The number of rotatable bonds is 6. The molecule has 19 heavy (non-hydrogen) atoms. The highest BCUT2D eigenvalue weighted by Crippen LogP contribution is 2.23. The Morgan fingerprint density at radius 3 is 2.63 bits per heavy atom. The molecule has 102 valence electrons. The van der Waals surface area contributed by atoms with Crippen molar-refractivity contribution in [3.8, 4) is 0 Å². The van der Waals surface area contributed by atoms with Crippen LogP contribution in [0.2, 0.25) is 0 Å². The zero-order valence-corrected chi connectivity index (χ0v) is 12.4. The van der Waals surface area contributed by atoms with Crippen LogP contribution in [-0.2, 0) is 12.8 Å². The minimum atomic E-state index is 0.407. The molecule has 0 radical (unpaired) electrons. The molecule has 0 bridgehead atoms. The molecule has 0 aliphatic carbocycles. The van der Waals surface area contributed by atoms with Crippen molar-refractivity contribution in [3.63, 3.8) is 0 Å². The number of nitrogens with one attached hydrogen (secondary N) is 1. The van der Waals surface area contributed by atoms with Crippen LogP contribution < -0.4 is 5.32 Å². The molecule has 2 aromatic rings. The lowest BCUT2D eigenvalue weighted by atomic mass is 10.1. The van der Waals surface area contributed by atoms with E-state index in [1.54, 1.807) is 16.4 Å². The summed E-state index contributed by atoms with van der Waals surface area (Å²) in [7, 11) is 1.89. The molecule has 1 unspecified atom stereocenters. The molecule has 1 aromatic carbocycles. The van der Waals surface area contributed by atoms with Crippen molar-refractivity contribution >= 4 is 11.8 Å². The van der Waals surface area contributed by atoms with Gasteiger partial charge < -0.3 is 5.32 Å². The van der Waals surface area contributed by atoms with E-state index >= 15 is 0 Å². The Morgan fingerprint density at radius 1 is 1.32 bits per heavy atom. The molecule has 1 aromatic heterocycles. The second-order valence-electron chi connectivity index (χ2n) is 4.52. The van der Waals surface area contributed by atoms with Gasteiger partial charge in [-0.05, 0) is 31.2 Å². The highest BCUT2D eigenvalue weighted by Gasteiger charge is 2.04. The molecule has 5 heteroatoms. The quantitative estimate of drug-likeness (QED) is 0.824. The van der Waals surface area contributed by atoms with Crippen molar-refractivity contribution in [1.82, 2.24) is 20.3 Å². The zero-order valence-electron chi connectivity index (χ0n) is 11.6. The summed E-state index contributed by atoms with van der Waals surface area (Å²) in [4.78, 5) is 1.26. The monoisotopic (exact) mass is 276 g/mol. The first kappa shape index (κ1) is 14.1. The standard InChI is InChI=1S/C14H20N4S/c1-4-15-11(2)12-5-7-14(8-6-12)19-10-13-9-18(3)17-16-13/h5-9,11,15H,4,10H2,1-3H3. The molecule has 2 rings (SSSR count). The number of benzene rings is 1. The Bertz CT molecular complexity index is 506. The third-order valence-corrected chi connectivity index (χ3v) is 3.97. The maximum Gasteiger partial charge on any atom is 0.0929 e. The van der Waals surface area contributed by atoms with Gasteiger partial charge in [-0.15, -0.1) is 16.9 Å². The Morgan fingerprint density at radius 2 is 2.05 bits per heavy atom. The number of hydrogen-bond acceptors (Lipinski definition) is 4. The highest BCUT2D eigenvalue weighted by atomic mass is 32.2. The first-order valence-corrected chi connectivity index (χ1v) is 7.49. The summed E-state index contributed by atoms with van der Waals surface area (Å²) >= 11 is 1.78. The van der Waals surface area contributed by atoms with E-state index in [-0.39, 0.29) is 0 Å².